The molecule has 0 spiro atoms. The van der Waals surface area contributed by atoms with Crippen molar-refractivity contribution in [2.75, 3.05) is 0 Å². The number of furan rings is 1. The van der Waals surface area contributed by atoms with Crippen LogP contribution in [0.3, 0.4) is 0 Å². The predicted octanol–water partition coefficient (Wildman–Crippen LogP) is 4.46. The zero-order valence-corrected chi connectivity index (χ0v) is 10.9. The Morgan fingerprint density at radius 1 is 0.895 bits per heavy atom. The second-order valence-electron chi connectivity index (χ2n) is 4.62. The monoisotopic (exact) mass is 252 g/mol. The average molecular weight is 252 g/mol. The first-order valence-corrected chi connectivity index (χ1v) is 6.43. The Morgan fingerprint density at radius 3 is 2.42 bits per heavy atom. The lowest BCUT2D eigenvalue weighted by Gasteiger charge is -2.03. The topological polar surface area (TPSA) is 22.4 Å². The summed E-state index contributed by atoms with van der Waals surface area (Å²) in [7, 11) is 0. The van der Waals surface area contributed by atoms with Gasteiger partial charge in [0, 0.05) is 10.9 Å². The standard InChI is InChI=1S/C17H16O2/c1-13-15-9-5-6-10-16(15)19-17(13)12-18-11-14-7-3-2-4-8-14/h2-10H,11-12H2,1H3. The van der Waals surface area contributed by atoms with Gasteiger partial charge in [-0.25, -0.2) is 0 Å². The molecule has 0 aliphatic carbocycles. The third-order valence-corrected chi connectivity index (χ3v) is 3.29. The van der Waals surface area contributed by atoms with Crippen LogP contribution >= 0.6 is 0 Å². The zero-order valence-electron chi connectivity index (χ0n) is 10.9. The van der Waals surface area contributed by atoms with Crippen LogP contribution in [0.5, 0.6) is 0 Å². The van der Waals surface area contributed by atoms with Crippen LogP contribution in [0.25, 0.3) is 11.0 Å². The van der Waals surface area contributed by atoms with Crippen LogP contribution in [0.4, 0.5) is 0 Å². The molecule has 0 fully saturated rings. The van der Waals surface area contributed by atoms with Crippen LogP contribution in [0.1, 0.15) is 16.9 Å². The Bertz CT molecular complexity index is 668. The molecule has 19 heavy (non-hydrogen) atoms. The first kappa shape index (κ1) is 12.0. The molecule has 0 atom stereocenters. The number of hydrogen-bond donors (Lipinski definition) is 0. The minimum absolute atomic E-state index is 0.509. The van der Waals surface area contributed by atoms with Gasteiger partial charge in [-0.15, -0.1) is 0 Å². The van der Waals surface area contributed by atoms with Gasteiger partial charge in [-0.2, -0.15) is 0 Å². The lowest BCUT2D eigenvalue weighted by Crippen LogP contribution is -1.94. The molecular weight excluding hydrogens is 236 g/mol. The average Bonchev–Trinajstić information content (AvgIpc) is 2.78. The lowest BCUT2D eigenvalue weighted by atomic mass is 10.1. The SMILES string of the molecule is Cc1c(COCc2ccccc2)oc2ccccc12. The van der Waals surface area contributed by atoms with Gasteiger partial charge >= 0.3 is 0 Å². The third kappa shape index (κ3) is 2.54. The van der Waals surface area contributed by atoms with E-state index in [4.69, 9.17) is 9.15 Å². The van der Waals surface area contributed by atoms with Crippen molar-refractivity contribution in [1.82, 2.24) is 0 Å². The summed E-state index contributed by atoms with van der Waals surface area (Å²) in [5.74, 6) is 0.914. The normalized spacial score (nSPS) is 11.0. The minimum Gasteiger partial charge on any atom is -0.458 e. The van der Waals surface area contributed by atoms with Crippen molar-refractivity contribution in [3.05, 3.63) is 71.5 Å². The molecule has 2 aromatic carbocycles. The summed E-state index contributed by atoms with van der Waals surface area (Å²) in [6.45, 7) is 3.19. The molecule has 3 aromatic rings. The molecule has 0 saturated heterocycles. The molecule has 1 aromatic heterocycles. The summed E-state index contributed by atoms with van der Waals surface area (Å²) in [5, 5.41) is 1.17. The second-order valence-corrected chi connectivity index (χ2v) is 4.62. The highest BCUT2D eigenvalue weighted by Gasteiger charge is 2.09. The highest BCUT2D eigenvalue weighted by molar-refractivity contribution is 5.81. The first-order chi connectivity index (χ1) is 9.34. The Balaban J connectivity index is 1.70. The molecule has 96 valence electrons. The predicted molar refractivity (Wildman–Crippen MR) is 75.9 cm³/mol. The third-order valence-electron chi connectivity index (χ3n) is 3.29. The number of benzene rings is 2. The molecular formula is C17H16O2. The molecule has 1 heterocycles. The van der Waals surface area contributed by atoms with Crippen molar-refractivity contribution in [3.63, 3.8) is 0 Å². The summed E-state index contributed by atoms with van der Waals surface area (Å²) in [5.41, 5.74) is 3.28. The van der Waals surface area contributed by atoms with E-state index in [1.54, 1.807) is 0 Å². The zero-order chi connectivity index (χ0) is 13.1. The van der Waals surface area contributed by atoms with E-state index in [1.165, 1.54) is 16.5 Å². The van der Waals surface area contributed by atoms with Crippen molar-refractivity contribution in [2.24, 2.45) is 0 Å². The van der Waals surface area contributed by atoms with E-state index in [9.17, 15) is 0 Å². The number of aryl methyl sites for hydroxylation is 1. The number of rotatable bonds is 4. The van der Waals surface area contributed by atoms with E-state index in [2.05, 4.69) is 25.1 Å². The van der Waals surface area contributed by atoms with Gasteiger partial charge < -0.3 is 9.15 Å². The van der Waals surface area contributed by atoms with Gasteiger partial charge in [-0.3, -0.25) is 0 Å². The number of ether oxygens (including phenoxy) is 1. The summed E-state index contributed by atoms with van der Waals surface area (Å²) in [6, 6.07) is 18.2. The van der Waals surface area contributed by atoms with Gasteiger partial charge in [-0.05, 0) is 18.6 Å². The Kier molecular flexibility index (Phi) is 3.34. The van der Waals surface area contributed by atoms with Crippen molar-refractivity contribution >= 4 is 11.0 Å². The van der Waals surface area contributed by atoms with Crippen molar-refractivity contribution in [3.8, 4) is 0 Å². The van der Waals surface area contributed by atoms with E-state index in [0.29, 0.717) is 13.2 Å². The molecule has 0 aliphatic rings. The van der Waals surface area contributed by atoms with Crippen molar-refractivity contribution in [1.29, 1.82) is 0 Å². The van der Waals surface area contributed by atoms with E-state index in [0.717, 1.165) is 11.3 Å². The van der Waals surface area contributed by atoms with Crippen LogP contribution < -0.4 is 0 Å². The van der Waals surface area contributed by atoms with Gasteiger partial charge in [0.05, 0.1) is 6.61 Å². The molecule has 0 aliphatic heterocycles. The van der Waals surface area contributed by atoms with Gasteiger partial charge in [0.2, 0.25) is 0 Å². The molecule has 0 radical (unpaired) electrons. The molecule has 0 N–H and O–H groups in total. The maximum atomic E-state index is 5.81. The molecule has 0 unspecified atom stereocenters. The van der Waals surface area contributed by atoms with Gasteiger partial charge in [0.1, 0.15) is 18.0 Å². The molecule has 2 heteroatoms. The number of fused-ring (bicyclic) bond motifs is 1. The minimum atomic E-state index is 0.509. The van der Waals surface area contributed by atoms with E-state index in [1.807, 2.05) is 36.4 Å². The molecule has 3 rings (SSSR count). The fourth-order valence-electron chi connectivity index (χ4n) is 2.20. The van der Waals surface area contributed by atoms with Gasteiger partial charge in [-0.1, -0.05) is 48.5 Å². The fourth-order valence-corrected chi connectivity index (χ4v) is 2.20. The quantitative estimate of drug-likeness (QED) is 0.684. The van der Waals surface area contributed by atoms with Crippen LogP contribution in [0.2, 0.25) is 0 Å². The summed E-state index contributed by atoms with van der Waals surface area (Å²) in [6.07, 6.45) is 0. The van der Waals surface area contributed by atoms with E-state index < -0.39 is 0 Å². The highest BCUT2D eigenvalue weighted by Crippen LogP contribution is 2.25. The molecule has 0 bridgehead atoms. The second kappa shape index (κ2) is 5.29. The van der Waals surface area contributed by atoms with E-state index >= 15 is 0 Å². The Labute approximate surface area is 112 Å². The van der Waals surface area contributed by atoms with Gasteiger partial charge in [0.25, 0.3) is 0 Å². The molecule has 0 amide bonds. The number of hydrogen-bond acceptors (Lipinski definition) is 2. The van der Waals surface area contributed by atoms with Crippen LogP contribution in [0, 0.1) is 6.92 Å². The molecule has 0 saturated carbocycles. The number of para-hydroxylation sites is 1. The van der Waals surface area contributed by atoms with Crippen LogP contribution in [0.15, 0.2) is 59.0 Å². The summed E-state index contributed by atoms with van der Waals surface area (Å²) in [4.78, 5) is 0. The maximum absolute atomic E-state index is 5.81. The maximum Gasteiger partial charge on any atom is 0.134 e. The van der Waals surface area contributed by atoms with E-state index in [-0.39, 0.29) is 0 Å². The fraction of sp³-hybridized carbons (Fsp3) is 0.176. The summed E-state index contributed by atoms with van der Waals surface area (Å²) < 4.78 is 11.5. The van der Waals surface area contributed by atoms with Crippen LogP contribution in [-0.4, -0.2) is 0 Å². The van der Waals surface area contributed by atoms with Crippen LogP contribution in [-0.2, 0) is 18.0 Å². The lowest BCUT2D eigenvalue weighted by molar-refractivity contribution is 0.0935. The largest absolute Gasteiger partial charge is 0.458 e. The highest BCUT2D eigenvalue weighted by atomic mass is 16.5. The first-order valence-electron chi connectivity index (χ1n) is 6.43. The Morgan fingerprint density at radius 2 is 1.63 bits per heavy atom. The van der Waals surface area contributed by atoms with Gasteiger partial charge in [0.15, 0.2) is 0 Å². The summed E-state index contributed by atoms with van der Waals surface area (Å²) >= 11 is 0. The van der Waals surface area contributed by atoms with Crippen molar-refractivity contribution < 1.29 is 9.15 Å². The van der Waals surface area contributed by atoms with Crippen molar-refractivity contribution in [2.45, 2.75) is 20.1 Å². The smallest absolute Gasteiger partial charge is 0.134 e. The molecule has 2 nitrogen and oxygen atoms in total. The Hall–Kier alpha value is -2.06.